The van der Waals surface area contributed by atoms with Crippen LogP contribution in [0.3, 0.4) is 0 Å². The molecule has 0 aromatic heterocycles. The number of hydrogen-bond acceptors (Lipinski definition) is 4. The van der Waals surface area contributed by atoms with Gasteiger partial charge < -0.3 is 20.8 Å². The van der Waals surface area contributed by atoms with E-state index in [4.69, 9.17) is 0 Å². The molecule has 4 aliphatic carbocycles. The molecule has 0 bridgehead atoms. The molecule has 4 rings (SSSR count). The maximum Gasteiger partial charge on any atom is 0.326 e. The summed E-state index contributed by atoms with van der Waals surface area (Å²) in [6, 6.07) is -1.71. The Morgan fingerprint density at radius 3 is 2.17 bits per heavy atom. The predicted molar refractivity (Wildman–Crippen MR) is 165 cm³/mol. The fourth-order valence-corrected chi connectivity index (χ4v) is 10.5. The molecule has 0 aromatic carbocycles. The Morgan fingerprint density at radius 1 is 0.857 bits per heavy atom. The second-order valence-electron chi connectivity index (χ2n) is 15.8. The predicted octanol–water partition coefficient (Wildman–Crippen LogP) is 6.18. The van der Waals surface area contributed by atoms with E-state index in [1.807, 2.05) is 27.7 Å². The number of nitrogens with one attached hydrogen (secondary N) is 2. The number of aliphatic carboxylic acids is 1. The van der Waals surface area contributed by atoms with E-state index in [1.165, 1.54) is 44.9 Å². The molecule has 0 radical (unpaired) electrons. The van der Waals surface area contributed by atoms with E-state index in [1.54, 1.807) is 0 Å². The first-order valence-electron chi connectivity index (χ1n) is 17.2. The highest BCUT2D eigenvalue weighted by atomic mass is 16.4. The largest absolute Gasteiger partial charge is 0.480 e. The first-order valence-corrected chi connectivity index (χ1v) is 17.2. The number of aliphatic hydroxyl groups is 1. The van der Waals surface area contributed by atoms with Crippen molar-refractivity contribution in [2.75, 3.05) is 0 Å². The molecule has 0 aromatic rings. The maximum atomic E-state index is 13.1. The number of carbonyl (C=O) groups excluding carboxylic acids is 2. The molecule has 0 spiro atoms. The molecule has 0 saturated heterocycles. The van der Waals surface area contributed by atoms with Crippen molar-refractivity contribution in [3.8, 4) is 0 Å². The average Bonchev–Trinajstić information content (AvgIpc) is 3.30. The lowest BCUT2D eigenvalue weighted by atomic mass is 9.44. The van der Waals surface area contributed by atoms with E-state index >= 15 is 0 Å². The zero-order valence-corrected chi connectivity index (χ0v) is 27.5. The van der Waals surface area contributed by atoms with Crippen LogP contribution in [-0.4, -0.2) is 46.2 Å². The van der Waals surface area contributed by atoms with Crippen LogP contribution in [0.2, 0.25) is 0 Å². The van der Waals surface area contributed by atoms with Gasteiger partial charge >= 0.3 is 5.97 Å². The van der Waals surface area contributed by atoms with Crippen molar-refractivity contribution >= 4 is 17.8 Å². The second-order valence-corrected chi connectivity index (χ2v) is 15.8. The second kappa shape index (κ2) is 13.2. The summed E-state index contributed by atoms with van der Waals surface area (Å²) >= 11 is 0. The van der Waals surface area contributed by atoms with Gasteiger partial charge in [-0.2, -0.15) is 0 Å². The molecule has 4 saturated carbocycles. The fourth-order valence-electron chi connectivity index (χ4n) is 10.5. The van der Waals surface area contributed by atoms with E-state index in [-0.39, 0.29) is 23.8 Å². The number of amides is 2. The topological polar surface area (TPSA) is 116 Å². The smallest absolute Gasteiger partial charge is 0.326 e. The van der Waals surface area contributed by atoms with Gasteiger partial charge in [0, 0.05) is 6.42 Å². The summed E-state index contributed by atoms with van der Waals surface area (Å²) in [5.74, 6) is 2.17. The zero-order chi connectivity index (χ0) is 31.0. The molecule has 0 aliphatic heterocycles. The Bertz CT molecular complexity index is 984. The van der Waals surface area contributed by atoms with Crippen molar-refractivity contribution in [2.24, 2.45) is 58.2 Å². The summed E-state index contributed by atoms with van der Waals surface area (Å²) in [6.45, 7) is 14.9. The van der Waals surface area contributed by atoms with Crippen LogP contribution in [-0.2, 0) is 14.4 Å². The third kappa shape index (κ3) is 6.42. The minimum Gasteiger partial charge on any atom is -0.480 e. The van der Waals surface area contributed by atoms with Crippen molar-refractivity contribution in [3.63, 3.8) is 0 Å². The van der Waals surface area contributed by atoms with Crippen molar-refractivity contribution in [1.82, 2.24) is 10.6 Å². The Balaban J connectivity index is 1.33. The number of carboxylic acid groups (broad SMARTS) is 1. The summed E-state index contributed by atoms with van der Waals surface area (Å²) in [4.78, 5) is 37.9. The molecule has 7 heteroatoms. The van der Waals surface area contributed by atoms with Crippen LogP contribution in [0.5, 0.6) is 0 Å². The molecule has 2 unspecified atom stereocenters. The lowest BCUT2D eigenvalue weighted by Gasteiger charge is -2.61. The molecule has 0 heterocycles. The highest BCUT2D eigenvalue weighted by molar-refractivity contribution is 5.90. The standard InChI is InChI=1S/C35H60N2O5/c1-8-21(4)31(33(41)42)37-32(40)30(20(2)3)36-29(39)14-9-22(5)26-12-13-27-25-11-10-23-19-24(38)15-17-34(23,6)28(25)16-18-35(26,27)7/h20-28,30-31,38H,8-19H2,1-7H3,(H,36,39)(H,37,40)(H,41,42)/t21-,22?,23-,24-,25+,26-,27+,28+,30?,31+,34+,35-/m1/s1. The van der Waals surface area contributed by atoms with Gasteiger partial charge in [0.15, 0.2) is 0 Å². The van der Waals surface area contributed by atoms with Crippen LogP contribution in [0.15, 0.2) is 0 Å². The van der Waals surface area contributed by atoms with Crippen LogP contribution in [0.25, 0.3) is 0 Å². The van der Waals surface area contributed by atoms with Gasteiger partial charge in [0.2, 0.25) is 11.8 Å². The van der Waals surface area contributed by atoms with Crippen molar-refractivity contribution in [1.29, 1.82) is 0 Å². The number of rotatable bonds is 11. The Labute approximate surface area is 254 Å². The first kappa shape index (κ1) is 33.3. The number of fused-ring (bicyclic) bond motifs is 5. The Morgan fingerprint density at radius 2 is 1.52 bits per heavy atom. The van der Waals surface area contributed by atoms with Gasteiger partial charge in [-0.1, -0.05) is 54.9 Å². The van der Waals surface area contributed by atoms with Crippen molar-refractivity contribution in [3.05, 3.63) is 0 Å². The lowest BCUT2D eigenvalue weighted by Crippen LogP contribution is -2.55. The third-order valence-corrected chi connectivity index (χ3v) is 13.3. The number of hydrogen-bond donors (Lipinski definition) is 4. The molecule has 240 valence electrons. The minimum absolute atomic E-state index is 0.0981. The lowest BCUT2D eigenvalue weighted by molar-refractivity contribution is -0.144. The summed E-state index contributed by atoms with van der Waals surface area (Å²) in [7, 11) is 0. The molecular formula is C35H60N2O5. The van der Waals surface area contributed by atoms with E-state index in [2.05, 4.69) is 31.4 Å². The van der Waals surface area contributed by atoms with Gasteiger partial charge in [0.1, 0.15) is 12.1 Å². The highest BCUT2D eigenvalue weighted by Gasteiger charge is 2.60. The van der Waals surface area contributed by atoms with E-state index in [9.17, 15) is 24.6 Å². The molecular weight excluding hydrogens is 528 g/mol. The van der Waals surface area contributed by atoms with Crippen LogP contribution >= 0.6 is 0 Å². The Kier molecular flexibility index (Phi) is 10.4. The fraction of sp³-hybridized carbons (Fsp3) is 0.914. The molecule has 7 nitrogen and oxygen atoms in total. The van der Waals surface area contributed by atoms with Crippen molar-refractivity contribution < 1.29 is 24.6 Å². The van der Waals surface area contributed by atoms with Gasteiger partial charge in [0.05, 0.1) is 6.10 Å². The van der Waals surface area contributed by atoms with E-state index in [0.717, 1.165) is 37.0 Å². The van der Waals surface area contributed by atoms with E-state index < -0.39 is 24.0 Å². The molecule has 4 N–H and O–H groups in total. The van der Waals surface area contributed by atoms with Crippen molar-refractivity contribution in [2.45, 2.75) is 144 Å². The maximum absolute atomic E-state index is 13.1. The van der Waals surface area contributed by atoms with E-state index in [0.29, 0.717) is 41.4 Å². The van der Waals surface area contributed by atoms with Crippen LogP contribution in [0.4, 0.5) is 0 Å². The van der Waals surface area contributed by atoms with Gasteiger partial charge in [-0.25, -0.2) is 4.79 Å². The summed E-state index contributed by atoms with van der Waals surface area (Å²) in [6.07, 6.45) is 12.6. The average molecular weight is 589 g/mol. The highest BCUT2D eigenvalue weighted by Crippen LogP contribution is 2.68. The van der Waals surface area contributed by atoms with Crippen LogP contribution in [0.1, 0.15) is 126 Å². The molecule has 4 aliphatic rings. The first-order chi connectivity index (χ1) is 19.7. The number of carbonyl (C=O) groups is 3. The Hall–Kier alpha value is -1.63. The minimum atomic E-state index is -1.04. The third-order valence-electron chi connectivity index (χ3n) is 13.3. The monoisotopic (exact) mass is 588 g/mol. The van der Waals surface area contributed by atoms with Crippen LogP contribution < -0.4 is 10.6 Å². The number of carboxylic acids is 1. The normalized spacial score (nSPS) is 38.8. The van der Waals surface area contributed by atoms with Crippen LogP contribution in [0, 0.1) is 58.2 Å². The van der Waals surface area contributed by atoms with Gasteiger partial charge in [0.25, 0.3) is 0 Å². The zero-order valence-electron chi connectivity index (χ0n) is 27.5. The quantitative estimate of drug-likeness (QED) is 0.230. The van der Waals surface area contributed by atoms with Gasteiger partial charge in [-0.15, -0.1) is 0 Å². The molecule has 12 atom stereocenters. The summed E-state index contributed by atoms with van der Waals surface area (Å²) in [5, 5.41) is 25.6. The summed E-state index contributed by atoms with van der Waals surface area (Å²) in [5.41, 5.74) is 0.722. The molecule has 4 fully saturated rings. The van der Waals surface area contributed by atoms with Gasteiger partial charge in [-0.05, 0) is 122 Å². The SMILES string of the molecule is CC[C@@H](C)[C@H](NC(=O)C(NC(=O)CCC(C)[C@H]1CC[C@H]2[C@@H]3CC[C@@H]4C[C@H](O)CC[C@]4(C)[C@H]3CC[C@]12C)C(C)C)C(=O)O. The van der Waals surface area contributed by atoms with Gasteiger partial charge in [-0.3, -0.25) is 9.59 Å². The number of aliphatic hydroxyl groups excluding tert-OH is 1. The summed E-state index contributed by atoms with van der Waals surface area (Å²) < 4.78 is 0. The molecule has 2 amide bonds. The molecule has 42 heavy (non-hydrogen) atoms.